The van der Waals surface area contributed by atoms with Crippen molar-refractivity contribution in [2.45, 2.75) is 58.6 Å². The standard InChI is InChI=1S/C24H30N4O8S2/c1-11(2)7-14(15-10-38-22(25-15)27-23(34)36-24(4,5)6)18(30)26-16-19(31)28-17(21(32)33)13(8-35-12(3)29)9-37-20(16)28/h7,10-11,16,20H,8-9H2,1-6H3,(H,26,30)(H,32,33)(H,25,27,34)/t16?,20-/m0/s1. The van der Waals surface area contributed by atoms with Gasteiger partial charge in [0.05, 0.1) is 11.3 Å². The monoisotopic (exact) mass is 566 g/mol. The van der Waals surface area contributed by atoms with E-state index < -0.39 is 46.9 Å². The number of carbonyl (C=O) groups is 5. The number of carboxylic acids is 1. The highest BCUT2D eigenvalue weighted by atomic mass is 32.2. The Morgan fingerprint density at radius 2 is 1.97 bits per heavy atom. The Hall–Kier alpha value is -3.39. The largest absolute Gasteiger partial charge is 0.477 e. The van der Waals surface area contributed by atoms with Crippen molar-refractivity contribution in [1.82, 2.24) is 15.2 Å². The SMILES string of the molecule is CC(=O)OCC1=C(C(=O)O)N2C(=O)C(NC(=O)C(=CC(C)C)c3csc(NC(=O)OC(C)(C)C)n3)[C@@H]2SC1. The van der Waals surface area contributed by atoms with E-state index in [1.807, 2.05) is 13.8 Å². The molecule has 3 amide bonds. The number of aromatic nitrogens is 1. The number of β-lactam (4-membered cyclic amide) rings is 1. The van der Waals surface area contributed by atoms with Crippen LogP contribution in [0.2, 0.25) is 0 Å². The van der Waals surface area contributed by atoms with Gasteiger partial charge in [-0.1, -0.05) is 19.9 Å². The Kier molecular flexibility index (Phi) is 8.87. The first-order valence-electron chi connectivity index (χ1n) is 11.7. The molecule has 0 radical (unpaired) electrons. The molecule has 3 N–H and O–H groups in total. The molecule has 12 nitrogen and oxygen atoms in total. The van der Waals surface area contributed by atoms with Crippen LogP contribution in [0.3, 0.4) is 0 Å². The number of hydrogen-bond donors (Lipinski definition) is 3. The van der Waals surface area contributed by atoms with E-state index in [0.29, 0.717) is 11.3 Å². The highest BCUT2D eigenvalue weighted by Gasteiger charge is 2.54. The number of carbonyl (C=O) groups excluding carboxylic acids is 4. The minimum absolute atomic E-state index is 0.0391. The van der Waals surface area contributed by atoms with Gasteiger partial charge in [-0.15, -0.1) is 23.1 Å². The third kappa shape index (κ3) is 6.92. The average molecular weight is 567 g/mol. The first kappa shape index (κ1) is 29.2. The molecule has 0 aliphatic carbocycles. The molecule has 2 atom stereocenters. The smallest absolute Gasteiger partial charge is 0.413 e. The molecule has 3 rings (SSSR count). The molecule has 0 spiro atoms. The van der Waals surface area contributed by atoms with Crippen LogP contribution in [0.5, 0.6) is 0 Å². The lowest BCUT2D eigenvalue weighted by Crippen LogP contribution is -2.70. The molecule has 2 aliphatic heterocycles. The Morgan fingerprint density at radius 3 is 2.55 bits per heavy atom. The Balaban J connectivity index is 1.75. The molecule has 1 unspecified atom stereocenters. The molecule has 1 aromatic rings. The lowest BCUT2D eigenvalue weighted by molar-refractivity contribution is -0.150. The number of allylic oxidation sites excluding steroid dienone is 1. The Bertz CT molecular complexity index is 1210. The van der Waals surface area contributed by atoms with Crippen LogP contribution in [0.15, 0.2) is 22.7 Å². The van der Waals surface area contributed by atoms with E-state index >= 15 is 0 Å². The van der Waals surface area contributed by atoms with Gasteiger partial charge < -0.3 is 19.9 Å². The number of fused-ring (bicyclic) bond motifs is 1. The minimum Gasteiger partial charge on any atom is -0.477 e. The molecule has 14 heteroatoms. The van der Waals surface area contributed by atoms with Crippen LogP contribution in [0.1, 0.15) is 47.2 Å². The molecule has 0 aromatic carbocycles. The van der Waals surface area contributed by atoms with Gasteiger partial charge in [-0.2, -0.15) is 0 Å². The molecular weight excluding hydrogens is 536 g/mol. The van der Waals surface area contributed by atoms with Gasteiger partial charge in [0.15, 0.2) is 5.13 Å². The van der Waals surface area contributed by atoms with E-state index in [1.54, 1.807) is 32.2 Å². The third-order valence-electron chi connectivity index (χ3n) is 5.12. The van der Waals surface area contributed by atoms with Crippen molar-refractivity contribution in [2.75, 3.05) is 17.7 Å². The molecule has 206 valence electrons. The van der Waals surface area contributed by atoms with Crippen molar-refractivity contribution in [3.05, 3.63) is 28.4 Å². The third-order valence-corrected chi connectivity index (χ3v) is 7.22. The van der Waals surface area contributed by atoms with Crippen LogP contribution >= 0.6 is 23.1 Å². The highest BCUT2D eigenvalue weighted by Crippen LogP contribution is 2.40. The maximum Gasteiger partial charge on any atom is 0.413 e. The quantitative estimate of drug-likeness (QED) is 0.242. The summed E-state index contributed by atoms with van der Waals surface area (Å²) in [5.41, 5.74) is -0.0999. The summed E-state index contributed by atoms with van der Waals surface area (Å²) in [4.78, 5) is 66.8. The summed E-state index contributed by atoms with van der Waals surface area (Å²) in [5, 5.41) is 16.2. The summed E-state index contributed by atoms with van der Waals surface area (Å²) < 4.78 is 10.2. The predicted molar refractivity (Wildman–Crippen MR) is 141 cm³/mol. The first-order chi connectivity index (χ1) is 17.7. The van der Waals surface area contributed by atoms with Gasteiger partial charge >= 0.3 is 18.0 Å². The van der Waals surface area contributed by atoms with E-state index in [9.17, 15) is 29.1 Å². The summed E-state index contributed by atoms with van der Waals surface area (Å²) >= 11 is 2.38. The van der Waals surface area contributed by atoms with Crippen molar-refractivity contribution < 1.29 is 38.6 Å². The molecule has 1 saturated heterocycles. The number of rotatable bonds is 8. The fourth-order valence-electron chi connectivity index (χ4n) is 3.66. The van der Waals surface area contributed by atoms with Crippen molar-refractivity contribution >= 4 is 63.6 Å². The summed E-state index contributed by atoms with van der Waals surface area (Å²) in [5.74, 6) is -2.84. The molecule has 1 fully saturated rings. The minimum atomic E-state index is -1.32. The molecular formula is C24H30N4O8S2. The number of anilines is 1. The van der Waals surface area contributed by atoms with Gasteiger partial charge in [-0.05, 0) is 26.7 Å². The molecule has 1 aromatic heterocycles. The van der Waals surface area contributed by atoms with Gasteiger partial charge in [0.1, 0.15) is 29.3 Å². The van der Waals surface area contributed by atoms with Crippen molar-refractivity contribution in [3.8, 4) is 0 Å². The zero-order valence-electron chi connectivity index (χ0n) is 21.8. The number of thioether (sulfide) groups is 1. The van der Waals surface area contributed by atoms with Crippen LogP contribution in [-0.2, 0) is 28.7 Å². The number of thiazole rings is 1. The molecule has 0 bridgehead atoms. The second-order valence-corrected chi connectivity index (χ2v) is 11.9. The number of esters is 1. The van der Waals surface area contributed by atoms with Crippen molar-refractivity contribution in [1.29, 1.82) is 0 Å². The van der Waals surface area contributed by atoms with E-state index in [-0.39, 0.29) is 34.7 Å². The van der Waals surface area contributed by atoms with Crippen LogP contribution in [0, 0.1) is 5.92 Å². The maximum absolute atomic E-state index is 13.3. The number of ether oxygens (including phenoxy) is 2. The summed E-state index contributed by atoms with van der Waals surface area (Å²) in [6.07, 6.45) is 1.01. The highest BCUT2D eigenvalue weighted by molar-refractivity contribution is 8.00. The summed E-state index contributed by atoms with van der Waals surface area (Å²) in [7, 11) is 0. The number of carboxylic acid groups (broad SMARTS) is 1. The second-order valence-electron chi connectivity index (χ2n) is 9.89. The van der Waals surface area contributed by atoms with Gasteiger partial charge in [-0.3, -0.25) is 24.6 Å². The summed E-state index contributed by atoms with van der Waals surface area (Å²) in [6, 6.07) is -0.953. The van der Waals surface area contributed by atoms with Crippen LogP contribution in [0.25, 0.3) is 5.57 Å². The predicted octanol–water partition coefficient (Wildman–Crippen LogP) is 2.83. The molecule has 38 heavy (non-hydrogen) atoms. The normalized spacial score (nSPS) is 19.5. The van der Waals surface area contributed by atoms with Gasteiger partial charge in [-0.25, -0.2) is 14.6 Å². The molecule has 2 aliphatic rings. The average Bonchev–Trinajstić information content (AvgIpc) is 3.24. The fraction of sp³-hybridized carbons (Fsp3) is 0.500. The van der Waals surface area contributed by atoms with Crippen LogP contribution in [0.4, 0.5) is 9.93 Å². The van der Waals surface area contributed by atoms with E-state index in [2.05, 4.69) is 15.6 Å². The Morgan fingerprint density at radius 1 is 1.29 bits per heavy atom. The lowest BCUT2D eigenvalue weighted by atomic mass is 10.0. The Labute approximate surface area is 227 Å². The molecule has 3 heterocycles. The summed E-state index contributed by atoms with van der Waals surface area (Å²) in [6.45, 7) is 9.93. The lowest BCUT2D eigenvalue weighted by Gasteiger charge is -2.49. The van der Waals surface area contributed by atoms with Crippen molar-refractivity contribution in [2.24, 2.45) is 5.92 Å². The van der Waals surface area contributed by atoms with Crippen LogP contribution in [-0.4, -0.2) is 74.2 Å². The van der Waals surface area contributed by atoms with E-state index in [4.69, 9.17) is 9.47 Å². The maximum atomic E-state index is 13.3. The second kappa shape index (κ2) is 11.6. The van der Waals surface area contributed by atoms with E-state index in [1.165, 1.54) is 18.7 Å². The number of nitrogens with zero attached hydrogens (tertiary/aromatic N) is 2. The zero-order valence-corrected chi connectivity index (χ0v) is 23.4. The zero-order chi connectivity index (χ0) is 28.4. The van der Waals surface area contributed by atoms with Crippen LogP contribution < -0.4 is 10.6 Å². The van der Waals surface area contributed by atoms with Gasteiger partial charge in [0.25, 0.3) is 11.8 Å². The number of aliphatic carboxylic acids is 1. The fourth-order valence-corrected chi connectivity index (χ4v) is 5.68. The van der Waals surface area contributed by atoms with E-state index in [0.717, 1.165) is 16.2 Å². The number of hydrogen-bond acceptors (Lipinski definition) is 10. The van der Waals surface area contributed by atoms with Gasteiger partial charge in [0, 0.05) is 23.6 Å². The first-order valence-corrected chi connectivity index (χ1v) is 13.6. The molecule has 0 saturated carbocycles. The van der Waals surface area contributed by atoms with Gasteiger partial charge in [0.2, 0.25) is 0 Å². The number of nitrogens with one attached hydrogen (secondary N) is 2. The number of amides is 3. The van der Waals surface area contributed by atoms with Crippen molar-refractivity contribution in [3.63, 3.8) is 0 Å². The topological polar surface area (TPSA) is 164 Å².